The van der Waals surface area contributed by atoms with Crippen molar-refractivity contribution < 1.29 is 0 Å². The summed E-state index contributed by atoms with van der Waals surface area (Å²) in [4.78, 5) is 7.88. The number of para-hydroxylation sites is 1. The van der Waals surface area contributed by atoms with E-state index in [1.165, 1.54) is 18.5 Å². The number of nitrogens with one attached hydrogen (secondary N) is 2. The second-order valence-electron chi connectivity index (χ2n) is 8.88. The highest BCUT2D eigenvalue weighted by Gasteiger charge is 2.48. The summed E-state index contributed by atoms with van der Waals surface area (Å²) in [5.74, 6) is 0.834. The van der Waals surface area contributed by atoms with E-state index in [0.29, 0.717) is 6.04 Å². The van der Waals surface area contributed by atoms with Gasteiger partial charge >= 0.3 is 0 Å². The molecule has 0 heterocycles. The molecule has 1 aromatic rings. The Hall–Kier alpha value is -0.586. The Balaban J connectivity index is 2.09. The molecule has 2 nitrogen and oxygen atoms in total. The normalized spacial score (nSPS) is 25.8. The summed E-state index contributed by atoms with van der Waals surface area (Å²) >= 11 is 0. The fourth-order valence-electron chi connectivity index (χ4n) is 5.04. The Kier molecular flexibility index (Phi) is 5.80. The summed E-state index contributed by atoms with van der Waals surface area (Å²) in [6.45, 7) is 17.2. The standard InChI is InChI=1S/C19H36N2Si2/c1-15(2)20-22(4,5)18-13-14-19(16(18)3)23(6,7)21-17-11-9-8-10-12-17/h8-12,15-16,18-21H,13-14H2,1-7H3. The minimum atomic E-state index is -1.49. The topological polar surface area (TPSA) is 24.1 Å². The lowest BCUT2D eigenvalue weighted by molar-refractivity contribution is 0.566. The summed E-state index contributed by atoms with van der Waals surface area (Å²) in [6.07, 6.45) is 2.82. The van der Waals surface area contributed by atoms with Crippen LogP contribution in [0.15, 0.2) is 30.3 Å². The van der Waals surface area contributed by atoms with Crippen LogP contribution in [0.4, 0.5) is 5.69 Å². The van der Waals surface area contributed by atoms with Crippen molar-refractivity contribution in [2.75, 3.05) is 4.98 Å². The SMILES string of the molecule is CC(C)N[Si](C)(C)C1CCC([Si](C)(C)Nc2ccccc2)C1C. The third-order valence-corrected chi connectivity index (χ3v) is 13.4. The molecule has 3 unspecified atom stereocenters. The van der Waals surface area contributed by atoms with Gasteiger partial charge in [0.15, 0.2) is 8.24 Å². The van der Waals surface area contributed by atoms with E-state index in [1.54, 1.807) is 0 Å². The maximum absolute atomic E-state index is 3.95. The van der Waals surface area contributed by atoms with Gasteiger partial charge in [-0.2, -0.15) is 0 Å². The molecule has 4 heteroatoms. The fourth-order valence-corrected chi connectivity index (χ4v) is 12.9. The van der Waals surface area contributed by atoms with E-state index < -0.39 is 16.5 Å². The van der Waals surface area contributed by atoms with Crippen LogP contribution in [0.5, 0.6) is 0 Å². The molecular weight excluding hydrogens is 312 g/mol. The molecule has 0 radical (unpaired) electrons. The lowest BCUT2D eigenvalue weighted by Gasteiger charge is -2.39. The molecule has 130 valence electrons. The van der Waals surface area contributed by atoms with Crippen LogP contribution in [0.25, 0.3) is 0 Å². The molecule has 0 saturated heterocycles. The first kappa shape index (κ1) is 18.7. The Bertz CT molecular complexity index is 499. The molecule has 0 amide bonds. The van der Waals surface area contributed by atoms with E-state index >= 15 is 0 Å². The van der Waals surface area contributed by atoms with Crippen molar-refractivity contribution in [3.05, 3.63) is 30.3 Å². The molecule has 23 heavy (non-hydrogen) atoms. The fraction of sp³-hybridized carbons (Fsp3) is 0.684. The molecule has 1 fully saturated rings. The van der Waals surface area contributed by atoms with Crippen molar-refractivity contribution in [1.82, 2.24) is 4.98 Å². The Morgan fingerprint density at radius 1 is 0.913 bits per heavy atom. The molecule has 2 rings (SSSR count). The van der Waals surface area contributed by atoms with Gasteiger partial charge in [0.2, 0.25) is 0 Å². The Labute approximate surface area is 145 Å². The molecule has 1 saturated carbocycles. The van der Waals surface area contributed by atoms with Gasteiger partial charge in [-0.25, -0.2) is 0 Å². The van der Waals surface area contributed by atoms with E-state index in [1.807, 2.05) is 0 Å². The van der Waals surface area contributed by atoms with E-state index in [0.717, 1.165) is 17.0 Å². The smallest absolute Gasteiger partial charge is 0.150 e. The maximum Gasteiger partial charge on any atom is 0.150 e. The van der Waals surface area contributed by atoms with Gasteiger partial charge in [0.1, 0.15) is 8.24 Å². The molecule has 0 aromatic heterocycles. The van der Waals surface area contributed by atoms with Gasteiger partial charge < -0.3 is 9.96 Å². The predicted octanol–water partition coefficient (Wildman–Crippen LogP) is 5.68. The van der Waals surface area contributed by atoms with Crippen molar-refractivity contribution >= 4 is 22.2 Å². The van der Waals surface area contributed by atoms with Gasteiger partial charge in [-0.05, 0) is 35.2 Å². The second-order valence-corrected chi connectivity index (χ2v) is 17.8. The highest BCUT2D eigenvalue weighted by atomic mass is 28.3. The van der Waals surface area contributed by atoms with Crippen LogP contribution in [0, 0.1) is 5.92 Å². The van der Waals surface area contributed by atoms with Gasteiger partial charge in [0.25, 0.3) is 0 Å². The minimum absolute atomic E-state index is 0.607. The van der Waals surface area contributed by atoms with Crippen molar-refractivity contribution in [1.29, 1.82) is 0 Å². The lowest BCUT2D eigenvalue weighted by atomic mass is 10.1. The summed E-state index contributed by atoms with van der Waals surface area (Å²) in [7, 11) is -2.85. The molecule has 2 N–H and O–H groups in total. The monoisotopic (exact) mass is 348 g/mol. The maximum atomic E-state index is 3.95. The molecule has 1 aliphatic carbocycles. The van der Waals surface area contributed by atoms with Gasteiger partial charge in [-0.3, -0.25) is 0 Å². The zero-order valence-corrected chi connectivity index (χ0v) is 18.1. The largest absolute Gasteiger partial charge is 0.410 e. The van der Waals surface area contributed by atoms with E-state index in [9.17, 15) is 0 Å². The van der Waals surface area contributed by atoms with Crippen molar-refractivity contribution in [2.45, 2.75) is 76.9 Å². The molecular formula is C19H36N2Si2. The lowest BCUT2D eigenvalue weighted by Crippen LogP contribution is -2.53. The quantitative estimate of drug-likeness (QED) is 0.646. The molecule has 0 spiro atoms. The predicted molar refractivity (Wildman–Crippen MR) is 109 cm³/mol. The Morgan fingerprint density at radius 3 is 1.96 bits per heavy atom. The summed E-state index contributed by atoms with van der Waals surface area (Å²) in [5.41, 5.74) is 3.07. The van der Waals surface area contributed by atoms with E-state index in [-0.39, 0.29) is 0 Å². The number of anilines is 1. The number of hydrogen-bond donors (Lipinski definition) is 2. The third-order valence-electron chi connectivity index (χ3n) is 5.81. The molecule has 0 bridgehead atoms. The zero-order chi connectivity index (χ0) is 17.3. The van der Waals surface area contributed by atoms with Crippen molar-refractivity contribution in [3.63, 3.8) is 0 Å². The van der Waals surface area contributed by atoms with E-state index in [4.69, 9.17) is 0 Å². The highest BCUT2D eigenvalue weighted by Crippen LogP contribution is 2.52. The highest BCUT2D eigenvalue weighted by molar-refractivity contribution is 6.82. The van der Waals surface area contributed by atoms with Gasteiger partial charge in [0.05, 0.1) is 0 Å². The van der Waals surface area contributed by atoms with Crippen LogP contribution in [0.3, 0.4) is 0 Å². The first-order valence-electron chi connectivity index (χ1n) is 9.24. The third kappa shape index (κ3) is 4.49. The van der Waals surface area contributed by atoms with Gasteiger partial charge in [-0.15, -0.1) is 0 Å². The minimum Gasteiger partial charge on any atom is -0.410 e. The van der Waals surface area contributed by atoms with Gasteiger partial charge in [0, 0.05) is 5.69 Å². The van der Waals surface area contributed by atoms with Crippen LogP contribution in [0.1, 0.15) is 33.6 Å². The average Bonchev–Trinajstić information content (AvgIpc) is 2.81. The summed E-state index contributed by atoms with van der Waals surface area (Å²) in [5, 5.41) is 0. The van der Waals surface area contributed by atoms with Crippen LogP contribution < -0.4 is 9.96 Å². The first-order chi connectivity index (χ1) is 10.6. The Morgan fingerprint density at radius 2 is 1.43 bits per heavy atom. The van der Waals surface area contributed by atoms with Gasteiger partial charge in [-0.1, -0.05) is 78.0 Å². The summed E-state index contributed by atoms with van der Waals surface area (Å²) < 4.78 is 0. The number of rotatable bonds is 6. The van der Waals surface area contributed by atoms with Crippen LogP contribution in [0.2, 0.25) is 37.3 Å². The molecule has 0 aliphatic heterocycles. The first-order valence-corrected chi connectivity index (χ1v) is 15.4. The molecule has 1 aromatic carbocycles. The zero-order valence-electron chi connectivity index (χ0n) is 16.1. The van der Waals surface area contributed by atoms with Crippen molar-refractivity contribution in [3.8, 4) is 0 Å². The van der Waals surface area contributed by atoms with Crippen LogP contribution >= 0.6 is 0 Å². The van der Waals surface area contributed by atoms with Crippen LogP contribution in [-0.2, 0) is 0 Å². The number of hydrogen-bond acceptors (Lipinski definition) is 2. The summed E-state index contributed by atoms with van der Waals surface area (Å²) in [6, 6.07) is 11.4. The molecule has 1 aliphatic rings. The van der Waals surface area contributed by atoms with Crippen LogP contribution in [-0.4, -0.2) is 22.5 Å². The van der Waals surface area contributed by atoms with E-state index in [2.05, 4.69) is 87.3 Å². The number of benzene rings is 1. The molecule has 3 atom stereocenters. The van der Waals surface area contributed by atoms with Crippen molar-refractivity contribution in [2.24, 2.45) is 5.92 Å². The average molecular weight is 349 g/mol. The second kappa shape index (κ2) is 7.12.